The molecule has 0 N–H and O–H groups in total. The first kappa shape index (κ1) is 24.2. The Balaban J connectivity index is 1.48. The second kappa shape index (κ2) is 10.5. The van der Waals surface area contributed by atoms with Gasteiger partial charge >= 0.3 is 0 Å². The highest BCUT2D eigenvalue weighted by atomic mass is 35.5. The van der Waals surface area contributed by atoms with Crippen LogP contribution in [-0.2, 0) is 24.5 Å². The fourth-order valence-electron chi connectivity index (χ4n) is 4.73. The lowest BCUT2D eigenvalue weighted by atomic mass is 9.75. The predicted octanol–water partition coefficient (Wildman–Crippen LogP) is 2.51. The van der Waals surface area contributed by atoms with Crippen LogP contribution in [0.25, 0.3) is 0 Å². The van der Waals surface area contributed by atoms with Gasteiger partial charge in [-0.25, -0.2) is 4.98 Å². The first-order chi connectivity index (χ1) is 16.4. The summed E-state index contributed by atoms with van der Waals surface area (Å²) in [7, 11) is 1.59. The summed E-state index contributed by atoms with van der Waals surface area (Å²) in [6.07, 6.45) is 2.15. The third-order valence-corrected chi connectivity index (χ3v) is 6.81. The molecule has 0 spiro atoms. The Kier molecular flexibility index (Phi) is 7.48. The van der Waals surface area contributed by atoms with E-state index in [1.807, 2.05) is 36.4 Å². The lowest BCUT2D eigenvalue weighted by Gasteiger charge is -2.37. The smallest absolute Gasteiger partial charge is 0.240 e. The second-order valence-electron chi connectivity index (χ2n) is 8.70. The number of hydrogen-bond donors (Lipinski definition) is 0. The maximum atomic E-state index is 13.6. The average molecular weight is 485 g/mol. The number of aromatic nitrogens is 1. The molecular formula is C25H29ClN4O4. The highest BCUT2D eigenvalue weighted by molar-refractivity contribution is 6.30. The maximum absolute atomic E-state index is 13.6. The molecule has 2 aliphatic heterocycles. The largest absolute Gasteiger partial charge is 0.385 e. The molecular weight excluding hydrogens is 456 g/mol. The number of carbonyl (C=O) groups excluding carboxylic acids is 3. The Bertz CT molecular complexity index is 1020. The minimum absolute atomic E-state index is 0.00320. The Hall–Kier alpha value is -2.97. The van der Waals surface area contributed by atoms with Gasteiger partial charge in [0.1, 0.15) is 5.82 Å². The molecule has 8 nitrogen and oxygen atoms in total. The monoisotopic (exact) mass is 484 g/mol. The van der Waals surface area contributed by atoms with Crippen molar-refractivity contribution in [1.29, 1.82) is 0 Å². The van der Waals surface area contributed by atoms with Crippen LogP contribution in [0.2, 0.25) is 5.02 Å². The Labute approximate surface area is 204 Å². The third kappa shape index (κ3) is 4.93. The van der Waals surface area contributed by atoms with Crippen LogP contribution < -0.4 is 4.90 Å². The van der Waals surface area contributed by atoms with Gasteiger partial charge in [-0.2, -0.15) is 0 Å². The van der Waals surface area contributed by atoms with Crippen molar-refractivity contribution >= 4 is 35.1 Å². The van der Waals surface area contributed by atoms with E-state index < -0.39 is 5.41 Å². The molecule has 9 heteroatoms. The molecule has 2 saturated heterocycles. The average Bonchev–Trinajstić information content (AvgIpc) is 3.10. The van der Waals surface area contributed by atoms with Gasteiger partial charge in [0.2, 0.25) is 17.7 Å². The standard InChI is InChI=1S/C25H29ClN4O4/c1-34-15-5-10-30-23(32)17-25(24(30)33,19-6-3-2-4-7-19)16-22(31)29-13-11-28(12-14-29)21-9-8-20(26)18-27-21/h2-4,6-9,18H,5,10-17H2,1H3/t25-/m0/s1. The van der Waals surface area contributed by atoms with Crippen molar-refractivity contribution < 1.29 is 19.1 Å². The number of likely N-dealkylation sites (tertiary alicyclic amines) is 1. The molecule has 180 valence electrons. The van der Waals surface area contributed by atoms with Crippen molar-refractivity contribution in [3.8, 4) is 0 Å². The van der Waals surface area contributed by atoms with Gasteiger partial charge in [0.25, 0.3) is 0 Å². The summed E-state index contributed by atoms with van der Waals surface area (Å²) in [6.45, 7) is 3.06. The maximum Gasteiger partial charge on any atom is 0.240 e. The Morgan fingerprint density at radius 3 is 2.47 bits per heavy atom. The number of anilines is 1. The van der Waals surface area contributed by atoms with E-state index in [1.54, 1.807) is 24.3 Å². The summed E-state index contributed by atoms with van der Waals surface area (Å²) >= 11 is 5.93. The van der Waals surface area contributed by atoms with E-state index in [0.29, 0.717) is 56.3 Å². The molecule has 0 saturated carbocycles. The number of rotatable bonds is 8. The van der Waals surface area contributed by atoms with E-state index in [4.69, 9.17) is 16.3 Å². The van der Waals surface area contributed by atoms with Gasteiger partial charge in [0, 0.05) is 65.5 Å². The molecule has 4 rings (SSSR count). The number of hydrogen-bond acceptors (Lipinski definition) is 6. The van der Waals surface area contributed by atoms with Crippen LogP contribution in [-0.4, -0.2) is 78.9 Å². The molecule has 34 heavy (non-hydrogen) atoms. The molecule has 2 aliphatic rings. The zero-order chi connectivity index (χ0) is 24.1. The number of amides is 3. The molecule has 1 atom stereocenters. The predicted molar refractivity (Wildman–Crippen MR) is 129 cm³/mol. The zero-order valence-electron chi connectivity index (χ0n) is 19.3. The van der Waals surface area contributed by atoms with Crippen LogP contribution in [0.1, 0.15) is 24.8 Å². The van der Waals surface area contributed by atoms with E-state index in [1.165, 1.54) is 4.90 Å². The second-order valence-corrected chi connectivity index (χ2v) is 9.14. The number of halogens is 1. The van der Waals surface area contributed by atoms with E-state index in [2.05, 4.69) is 9.88 Å². The molecule has 0 radical (unpaired) electrons. The van der Waals surface area contributed by atoms with Crippen molar-refractivity contribution in [2.24, 2.45) is 0 Å². The number of nitrogens with zero attached hydrogens (tertiary/aromatic N) is 4. The SMILES string of the molecule is COCCCN1C(=O)C[C@@](CC(=O)N2CCN(c3ccc(Cl)cn3)CC2)(c2ccccc2)C1=O. The lowest BCUT2D eigenvalue weighted by Crippen LogP contribution is -2.51. The van der Waals surface area contributed by atoms with E-state index in [0.717, 1.165) is 5.82 Å². The molecule has 1 aromatic carbocycles. The lowest BCUT2D eigenvalue weighted by molar-refractivity contribution is -0.143. The quantitative estimate of drug-likeness (QED) is 0.423. The molecule has 1 aromatic heterocycles. The number of imide groups is 1. The fourth-order valence-corrected chi connectivity index (χ4v) is 4.84. The van der Waals surface area contributed by atoms with Crippen LogP contribution >= 0.6 is 11.6 Å². The zero-order valence-corrected chi connectivity index (χ0v) is 20.0. The fraction of sp³-hybridized carbons (Fsp3) is 0.440. The topological polar surface area (TPSA) is 83.1 Å². The van der Waals surface area contributed by atoms with Gasteiger partial charge in [0.05, 0.1) is 10.4 Å². The van der Waals surface area contributed by atoms with Gasteiger partial charge in [0.15, 0.2) is 0 Å². The molecule has 0 bridgehead atoms. The van der Waals surface area contributed by atoms with Crippen LogP contribution in [0.4, 0.5) is 5.82 Å². The van der Waals surface area contributed by atoms with E-state index in [9.17, 15) is 14.4 Å². The Morgan fingerprint density at radius 2 is 1.82 bits per heavy atom. The first-order valence-corrected chi connectivity index (χ1v) is 11.9. The van der Waals surface area contributed by atoms with Gasteiger partial charge in [-0.05, 0) is 24.1 Å². The van der Waals surface area contributed by atoms with Crippen molar-refractivity contribution in [3.05, 3.63) is 59.2 Å². The number of methoxy groups -OCH3 is 1. The first-order valence-electron chi connectivity index (χ1n) is 11.5. The summed E-state index contributed by atoms with van der Waals surface area (Å²) in [5.74, 6) is 0.168. The number of ether oxygens (including phenoxy) is 1. The molecule has 2 fully saturated rings. The van der Waals surface area contributed by atoms with Gasteiger partial charge in [-0.15, -0.1) is 0 Å². The van der Waals surface area contributed by atoms with Crippen LogP contribution in [0, 0.1) is 0 Å². The normalized spacial score (nSPS) is 20.8. The summed E-state index contributed by atoms with van der Waals surface area (Å²) in [6, 6.07) is 12.9. The number of benzene rings is 1. The summed E-state index contributed by atoms with van der Waals surface area (Å²) in [5.41, 5.74) is -0.461. The van der Waals surface area contributed by atoms with E-state index >= 15 is 0 Å². The number of pyridine rings is 1. The van der Waals surface area contributed by atoms with Crippen LogP contribution in [0.15, 0.2) is 48.7 Å². The summed E-state index contributed by atoms with van der Waals surface area (Å²) in [4.78, 5) is 49.4. The number of piperazine rings is 1. The van der Waals surface area contributed by atoms with Crippen molar-refractivity contribution in [1.82, 2.24) is 14.8 Å². The van der Waals surface area contributed by atoms with Crippen molar-refractivity contribution in [3.63, 3.8) is 0 Å². The summed E-state index contributed by atoms with van der Waals surface area (Å²) in [5, 5.41) is 0.579. The van der Waals surface area contributed by atoms with Crippen molar-refractivity contribution in [2.75, 3.05) is 51.3 Å². The van der Waals surface area contributed by atoms with Gasteiger partial charge in [-0.1, -0.05) is 41.9 Å². The van der Waals surface area contributed by atoms with Crippen LogP contribution in [0.5, 0.6) is 0 Å². The minimum Gasteiger partial charge on any atom is -0.385 e. The summed E-state index contributed by atoms with van der Waals surface area (Å²) < 4.78 is 5.07. The highest BCUT2D eigenvalue weighted by Gasteiger charge is 2.53. The Morgan fingerprint density at radius 1 is 1.09 bits per heavy atom. The molecule has 0 aliphatic carbocycles. The number of carbonyl (C=O) groups is 3. The van der Waals surface area contributed by atoms with Gasteiger partial charge < -0.3 is 14.5 Å². The van der Waals surface area contributed by atoms with E-state index in [-0.39, 0.29) is 30.6 Å². The van der Waals surface area contributed by atoms with Crippen LogP contribution in [0.3, 0.4) is 0 Å². The molecule has 3 amide bonds. The highest BCUT2D eigenvalue weighted by Crippen LogP contribution is 2.40. The van der Waals surface area contributed by atoms with Crippen molar-refractivity contribution in [2.45, 2.75) is 24.7 Å². The van der Waals surface area contributed by atoms with Gasteiger partial charge in [-0.3, -0.25) is 19.3 Å². The third-order valence-electron chi connectivity index (χ3n) is 6.59. The molecule has 3 heterocycles. The minimum atomic E-state index is -1.17. The molecule has 2 aromatic rings. The molecule has 0 unspecified atom stereocenters.